The van der Waals surface area contributed by atoms with Crippen molar-refractivity contribution in [3.63, 3.8) is 0 Å². The molecule has 0 unspecified atom stereocenters. The Balaban J connectivity index is 2.29. The van der Waals surface area contributed by atoms with E-state index in [1.54, 1.807) is 18.2 Å². The lowest BCUT2D eigenvalue weighted by molar-refractivity contribution is -0.275. The Labute approximate surface area is 129 Å². The minimum atomic E-state index is -4.66. The van der Waals surface area contributed by atoms with Crippen LogP contribution in [0.1, 0.15) is 31.9 Å². The minimum absolute atomic E-state index is 0.0550. The Kier molecular flexibility index (Phi) is 5.69. The van der Waals surface area contributed by atoms with Gasteiger partial charge in [0.1, 0.15) is 5.75 Å². The van der Waals surface area contributed by atoms with Crippen LogP contribution < -0.4 is 10.1 Å². The molecule has 6 heteroatoms. The topological polar surface area (TPSA) is 24.5 Å². The number of hydrogen-bond acceptors (Lipinski definition) is 3. The average Bonchev–Trinajstić information content (AvgIpc) is 2.45. The number of rotatable bonds is 5. The van der Waals surface area contributed by atoms with E-state index in [0.717, 1.165) is 32.6 Å². The summed E-state index contributed by atoms with van der Waals surface area (Å²) in [6.45, 7) is 7.55. The van der Waals surface area contributed by atoms with Crippen molar-refractivity contribution in [1.29, 1.82) is 0 Å². The smallest absolute Gasteiger partial charge is 0.405 e. The molecule has 1 fully saturated rings. The zero-order chi connectivity index (χ0) is 16.2. The Bertz CT molecular complexity index is 471. The van der Waals surface area contributed by atoms with Crippen LogP contribution in [-0.2, 0) is 0 Å². The standard InChI is InChI=1S/C16H23F3N2O/c1-12(2)11-14(21-9-7-20-8-10-21)13-5-3-4-6-15(13)22-16(17,18)19/h3-6,12,14,20H,7-11H2,1-2H3/t14-/m0/s1. The van der Waals surface area contributed by atoms with E-state index in [-0.39, 0.29) is 11.8 Å². The van der Waals surface area contributed by atoms with E-state index < -0.39 is 6.36 Å². The molecule has 3 nitrogen and oxygen atoms in total. The second-order valence-electron chi connectivity index (χ2n) is 6.02. The largest absolute Gasteiger partial charge is 0.573 e. The van der Waals surface area contributed by atoms with Crippen molar-refractivity contribution in [3.05, 3.63) is 29.8 Å². The second-order valence-corrected chi connectivity index (χ2v) is 6.02. The Hall–Kier alpha value is -1.27. The van der Waals surface area contributed by atoms with Gasteiger partial charge in [-0.2, -0.15) is 0 Å². The highest BCUT2D eigenvalue weighted by molar-refractivity contribution is 5.36. The van der Waals surface area contributed by atoms with Crippen LogP contribution in [0.15, 0.2) is 24.3 Å². The fraction of sp³-hybridized carbons (Fsp3) is 0.625. The van der Waals surface area contributed by atoms with Gasteiger partial charge in [0.15, 0.2) is 0 Å². The molecule has 0 spiro atoms. The number of nitrogens with one attached hydrogen (secondary N) is 1. The van der Waals surface area contributed by atoms with Crippen LogP contribution in [0.4, 0.5) is 13.2 Å². The molecular weight excluding hydrogens is 293 g/mol. The first-order chi connectivity index (χ1) is 10.4. The molecule has 1 atom stereocenters. The third kappa shape index (κ3) is 4.88. The number of ether oxygens (including phenoxy) is 1. The van der Waals surface area contributed by atoms with E-state index in [0.29, 0.717) is 11.5 Å². The van der Waals surface area contributed by atoms with Crippen molar-refractivity contribution >= 4 is 0 Å². The van der Waals surface area contributed by atoms with Crippen LogP contribution in [-0.4, -0.2) is 37.4 Å². The summed E-state index contributed by atoms with van der Waals surface area (Å²) >= 11 is 0. The van der Waals surface area contributed by atoms with Crippen molar-refractivity contribution in [3.8, 4) is 5.75 Å². The maximum Gasteiger partial charge on any atom is 0.573 e. The SMILES string of the molecule is CC(C)C[C@@H](c1ccccc1OC(F)(F)F)N1CCNCC1. The first-order valence-electron chi connectivity index (χ1n) is 7.66. The average molecular weight is 316 g/mol. The number of alkyl halides is 3. The number of nitrogens with zero attached hydrogens (tertiary/aromatic N) is 1. The molecule has 0 radical (unpaired) electrons. The number of para-hydroxylation sites is 1. The molecule has 0 aromatic heterocycles. The molecule has 0 aliphatic carbocycles. The first-order valence-corrected chi connectivity index (χ1v) is 7.66. The summed E-state index contributed by atoms with van der Waals surface area (Å²) in [7, 11) is 0. The van der Waals surface area contributed by atoms with Gasteiger partial charge in [0, 0.05) is 37.8 Å². The maximum absolute atomic E-state index is 12.6. The highest BCUT2D eigenvalue weighted by Crippen LogP contribution is 2.36. The summed E-state index contributed by atoms with van der Waals surface area (Å²) in [5.74, 6) is 0.304. The highest BCUT2D eigenvalue weighted by Gasteiger charge is 2.34. The number of hydrogen-bond donors (Lipinski definition) is 1. The van der Waals surface area contributed by atoms with Gasteiger partial charge >= 0.3 is 6.36 Å². The Morgan fingerprint density at radius 1 is 1.18 bits per heavy atom. The minimum Gasteiger partial charge on any atom is -0.405 e. The monoisotopic (exact) mass is 316 g/mol. The molecule has 1 heterocycles. The molecule has 22 heavy (non-hydrogen) atoms. The van der Waals surface area contributed by atoms with Crippen LogP contribution in [0.5, 0.6) is 5.75 Å². The zero-order valence-corrected chi connectivity index (χ0v) is 13.0. The van der Waals surface area contributed by atoms with E-state index in [4.69, 9.17) is 0 Å². The van der Waals surface area contributed by atoms with E-state index >= 15 is 0 Å². The van der Waals surface area contributed by atoms with Gasteiger partial charge in [-0.25, -0.2) is 0 Å². The van der Waals surface area contributed by atoms with Crippen molar-refractivity contribution in [2.45, 2.75) is 32.7 Å². The Morgan fingerprint density at radius 3 is 2.41 bits per heavy atom. The van der Waals surface area contributed by atoms with Crippen LogP contribution in [0.25, 0.3) is 0 Å². The van der Waals surface area contributed by atoms with E-state index in [9.17, 15) is 13.2 Å². The lowest BCUT2D eigenvalue weighted by Crippen LogP contribution is -2.45. The predicted octanol–water partition coefficient (Wildman–Crippen LogP) is 3.58. The van der Waals surface area contributed by atoms with Crippen molar-refractivity contribution in [1.82, 2.24) is 10.2 Å². The molecule has 1 N–H and O–H groups in total. The number of halogens is 3. The molecule has 1 saturated heterocycles. The van der Waals surface area contributed by atoms with Crippen molar-refractivity contribution in [2.75, 3.05) is 26.2 Å². The molecule has 124 valence electrons. The van der Waals surface area contributed by atoms with Crippen molar-refractivity contribution in [2.24, 2.45) is 5.92 Å². The third-order valence-electron chi connectivity index (χ3n) is 3.79. The normalized spacial score (nSPS) is 18.5. The van der Waals surface area contributed by atoms with Gasteiger partial charge in [-0.3, -0.25) is 4.90 Å². The van der Waals surface area contributed by atoms with Gasteiger partial charge in [-0.15, -0.1) is 13.2 Å². The summed E-state index contributed by atoms with van der Waals surface area (Å²) in [6, 6.07) is 6.44. The van der Waals surface area contributed by atoms with Gasteiger partial charge in [0.25, 0.3) is 0 Å². The first kappa shape index (κ1) is 17.1. The van der Waals surface area contributed by atoms with Crippen LogP contribution >= 0.6 is 0 Å². The van der Waals surface area contributed by atoms with Gasteiger partial charge < -0.3 is 10.1 Å². The summed E-state index contributed by atoms with van der Waals surface area (Å²) in [5.41, 5.74) is 0.621. The summed E-state index contributed by atoms with van der Waals surface area (Å²) in [4.78, 5) is 2.25. The van der Waals surface area contributed by atoms with Gasteiger partial charge in [-0.05, 0) is 18.4 Å². The molecule has 1 aliphatic heterocycles. The Morgan fingerprint density at radius 2 is 1.82 bits per heavy atom. The van der Waals surface area contributed by atoms with Crippen molar-refractivity contribution < 1.29 is 17.9 Å². The van der Waals surface area contributed by atoms with E-state index in [2.05, 4.69) is 28.8 Å². The summed E-state index contributed by atoms with van der Waals surface area (Å²) in [5, 5.41) is 3.27. The summed E-state index contributed by atoms with van der Waals surface area (Å²) < 4.78 is 42.2. The fourth-order valence-electron chi connectivity index (χ4n) is 2.89. The molecule has 1 aromatic carbocycles. The third-order valence-corrected chi connectivity index (χ3v) is 3.79. The lowest BCUT2D eigenvalue weighted by atomic mass is 9.94. The fourth-order valence-corrected chi connectivity index (χ4v) is 2.89. The quantitative estimate of drug-likeness (QED) is 0.898. The van der Waals surface area contributed by atoms with Gasteiger partial charge in [0.05, 0.1) is 0 Å². The number of piperazine rings is 1. The van der Waals surface area contributed by atoms with E-state index in [1.165, 1.54) is 6.07 Å². The summed E-state index contributed by atoms with van der Waals surface area (Å²) in [6.07, 6.45) is -3.86. The van der Waals surface area contributed by atoms with Crippen LogP contribution in [0.3, 0.4) is 0 Å². The molecule has 0 bridgehead atoms. The number of benzene rings is 1. The zero-order valence-electron chi connectivity index (χ0n) is 13.0. The lowest BCUT2D eigenvalue weighted by Gasteiger charge is -2.36. The molecule has 1 aromatic rings. The second kappa shape index (κ2) is 7.33. The molecule has 2 rings (SSSR count). The van der Waals surface area contributed by atoms with E-state index in [1.807, 2.05) is 0 Å². The molecule has 1 aliphatic rings. The van der Waals surface area contributed by atoms with Crippen LogP contribution in [0, 0.1) is 5.92 Å². The highest BCUT2D eigenvalue weighted by atomic mass is 19.4. The molecule has 0 saturated carbocycles. The predicted molar refractivity (Wildman–Crippen MR) is 79.8 cm³/mol. The van der Waals surface area contributed by atoms with Gasteiger partial charge in [0.2, 0.25) is 0 Å². The van der Waals surface area contributed by atoms with Crippen LogP contribution in [0.2, 0.25) is 0 Å². The molecule has 0 amide bonds. The van der Waals surface area contributed by atoms with Gasteiger partial charge in [-0.1, -0.05) is 32.0 Å². The maximum atomic E-state index is 12.6. The molecular formula is C16H23F3N2O.